The lowest BCUT2D eigenvalue weighted by atomic mass is 10.0. The number of hydrogen-bond donors (Lipinski definition) is 0. The normalized spacial score (nSPS) is 10.4. The quantitative estimate of drug-likeness (QED) is 0.343. The molecule has 2 aromatic heterocycles. The van der Waals surface area contributed by atoms with Crippen LogP contribution in [0, 0.1) is 11.3 Å². The van der Waals surface area contributed by atoms with Crippen LogP contribution in [-0.2, 0) is 0 Å². The van der Waals surface area contributed by atoms with Crippen molar-refractivity contribution in [1.29, 1.82) is 5.26 Å². The first-order valence-corrected chi connectivity index (χ1v) is 9.45. The van der Waals surface area contributed by atoms with Crippen molar-refractivity contribution in [2.75, 3.05) is 0 Å². The average molecular weight is 418 g/mol. The molecule has 0 saturated heterocycles. The molecule has 0 radical (unpaired) electrons. The molecule has 0 aliphatic heterocycles. The first kappa shape index (κ1) is 18.9. The van der Waals surface area contributed by atoms with E-state index in [1.54, 1.807) is 24.4 Å². The largest absolute Gasteiger partial charge is 0.457 e. The zero-order chi connectivity index (χ0) is 20.2. The summed E-state index contributed by atoms with van der Waals surface area (Å²) < 4.78 is 5.81. The molecule has 6 heteroatoms. The number of aromatic nitrogens is 2. The predicted octanol–water partition coefficient (Wildman–Crippen LogP) is 6.78. The maximum absolute atomic E-state index is 9.64. The monoisotopic (exact) mass is 417 g/mol. The molecule has 140 valence electrons. The summed E-state index contributed by atoms with van der Waals surface area (Å²) >= 11 is 12.4. The van der Waals surface area contributed by atoms with Gasteiger partial charge in [-0.3, -0.25) is 4.98 Å². The number of hydrogen-bond acceptors (Lipinski definition) is 4. The molecule has 0 unspecified atom stereocenters. The first-order valence-electron chi connectivity index (χ1n) is 8.70. The van der Waals surface area contributed by atoms with Crippen LogP contribution in [0.25, 0.3) is 22.5 Å². The summed E-state index contributed by atoms with van der Waals surface area (Å²) in [6.45, 7) is 0. The van der Waals surface area contributed by atoms with Crippen molar-refractivity contribution in [2.45, 2.75) is 0 Å². The maximum Gasteiger partial charge on any atom is 0.139 e. The number of nitrogens with zero attached hydrogens (tertiary/aromatic N) is 3. The molecular formula is C23H13Cl2N3O. The van der Waals surface area contributed by atoms with Crippen LogP contribution in [0.4, 0.5) is 0 Å². The zero-order valence-corrected chi connectivity index (χ0v) is 16.5. The van der Waals surface area contributed by atoms with E-state index in [1.807, 2.05) is 54.6 Å². The Hall–Kier alpha value is -3.39. The lowest BCUT2D eigenvalue weighted by molar-refractivity contribution is 0.483. The summed E-state index contributed by atoms with van der Waals surface area (Å²) in [5, 5.41) is 10.4. The van der Waals surface area contributed by atoms with Crippen molar-refractivity contribution in [3.63, 3.8) is 0 Å². The number of pyridine rings is 2. The molecule has 2 aromatic carbocycles. The smallest absolute Gasteiger partial charge is 0.139 e. The Morgan fingerprint density at radius 3 is 2.28 bits per heavy atom. The molecule has 0 bridgehead atoms. The second-order valence-corrected chi connectivity index (χ2v) is 6.93. The fourth-order valence-corrected chi connectivity index (χ4v) is 3.23. The van der Waals surface area contributed by atoms with Crippen LogP contribution in [-0.4, -0.2) is 9.97 Å². The summed E-state index contributed by atoms with van der Waals surface area (Å²) in [5.74, 6) is 1.43. The molecule has 0 N–H and O–H groups in total. The maximum atomic E-state index is 9.64. The fraction of sp³-hybridized carbons (Fsp3) is 0. The van der Waals surface area contributed by atoms with E-state index < -0.39 is 0 Å². The number of rotatable bonds is 4. The minimum absolute atomic E-state index is 0.248. The summed E-state index contributed by atoms with van der Waals surface area (Å²) in [4.78, 5) is 8.72. The third-order valence-electron chi connectivity index (χ3n) is 4.20. The molecule has 0 saturated carbocycles. The third kappa shape index (κ3) is 4.22. The lowest BCUT2D eigenvalue weighted by Crippen LogP contribution is -1.95. The Kier molecular flexibility index (Phi) is 5.44. The zero-order valence-electron chi connectivity index (χ0n) is 15.0. The van der Waals surface area contributed by atoms with Crippen LogP contribution in [0.5, 0.6) is 11.5 Å². The van der Waals surface area contributed by atoms with Gasteiger partial charge in [-0.2, -0.15) is 5.26 Å². The van der Waals surface area contributed by atoms with Gasteiger partial charge in [-0.25, -0.2) is 4.98 Å². The van der Waals surface area contributed by atoms with Crippen LogP contribution in [0.15, 0.2) is 79.0 Å². The van der Waals surface area contributed by atoms with E-state index in [0.29, 0.717) is 33.3 Å². The highest BCUT2D eigenvalue weighted by atomic mass is 35.5. The topological polar surface area (TPSA) is 58.8 Å². The van der Waals surface area contributed by atoms with Gasteiger partial charge in [-0.1, -0.05) is 41.4 Å². The van der Waals surface area contributed by atoms with Crippen LogP contribution in [0.1, 0.15) is 5.56 Å². The van der Waals surface area contributed by atoms with Gasteiger partial charge in [-0.15, -0.1) is 0 Å². The van der Waals surface area contributed by atoms with Gasteiger partial charge in [0.15, 0.2) is 0 Å². The van der Waals surface area contributed by atoms with E-state index in [4.69, 9.17) is 27.9 Å². The van der Waals surface area contributed by atoms with Crippen LogP contribution in [0.2, 0.25) is 10.2 Å². The number of para-hydroxylation sites is 1. The summed E-state index contributed by atoms with van der Waals surface area (Å²) in [6.07, 6.45) is 1.58. The van der Waals surface area contributed by atoms with Gasteiger partial charge >= 0.3 is 0 Å². The molecule has 4 aromatic rings. The second kappa shape index (κ2) is 8.32. The Morgan fingerprint density at radius 1 is 0.862 bits per heavy atom. The fourth-order valence-electron chi connectivity index (χ4n) is 2.83. The summed E-state index contributed by atoms with van der Waals surface area (Å²) in [5.41, 5.74) is 2.76. The van der Waals surface area contributed by atoms with Gasteiger partial charge in [0.05, 0.1) is 17.0 Å². The van der Waals surface area contributed by atoms with Crippen molar-refractivity contribution in [1.82, 2.24) is 9.97 Å². The van der Waals surface area contributed by atoms with E-state index >= 15 is 0 Å². The molecule has 0 fully saturated rings. The Balaban J connectivity index is 1.68. The first-order chi connectivity index (χ1) is 14.1. The van der Waals surface area contributed by atoms with Crippen molar-refractivity contribution >= 4 is 23.2 Å². The Morgan fingerprint density at radius 2 is 1.59 bits per heavy atom. The van der Waals surface area contributed by atoms with Crippen molar-refractivity contribution < 1.29 is 4.74 Å². The van der Waals surface area contributed by atoms with E-state index in [0.717, 1.165) is 11.3 Å². The standard InChI is InChI=1S/C23H13Cl2N3O/c24-17-10-11-27-21(13-17)20-12-16(14-26)22(28-23(20)25)15-6-8-19(9-7-15)29-18-4-2-1-3-5-18/h1-13H. The molecule has 0 aliphatic carbocycles. The minimum Gasteiger partial charge on any atom is -0.457 e. The van der Waals surface area contributed by atoms with Crippen LogP contribution >= 0.6 is 23.2 Å². The van der Waals surface area contributed by atoms with Gasteiger partial charge in [0.25, 0.3) is 0 Å². The van der Waals surface area contributed by atoms with Gasteiger partial charge in [-0.05, 0) is 54.6 Å². The molecule has 0 atom stereocenters. The van der Waals surface area contributed by atoms with Crippen LogP contribution in [0.3, 0.4) is 0 Å². The molecule has 0 amide bonds. The molecule has 0 spiro atoms. The van der Waals surface area contributed by atoms with E-state index in [-0.39, 0.29) is 5.15 Å². The highest BCUT2D eigenvalue weighted by molar-refractivity contribution is 6.33. The van der Waals surface area contributed by atoms with Gasteiger partial charge < -0.3 is 4.74 Å². The predicted molar refractivity (Wildman–Crippen MR) is 114 cm³/mol. The van der Waals surface area contributed by atoms with E-state index in [2.05, 4.69) is 16.0 Å². The van der Waals surface area contributed by atoms with E-state index in [9.17, 15) is 5.26 Å². The number of ether oxygens (including phenoxy) is 1. The molecule has 0 aliphatic rings. The number of benzene rings is 2. The second-order valence-electron chi connectivity index (χ2n) is 6.13. The lowest BCUT2D eigenvalue weighted by Gasteiger charge is -2.10. The minimum atomic E-state index is 0.248. The molecule has 2 heterocycles. The number of halogens is 2. The van der Waals surface area contributed by atoms with Gasteiger partial charge in [0.2, 0.25) is 0 Å². The molecular weight excluding hydrogens is 405 g/mol. The van der Waals surface area contributed by atoms with Crippen LogP contribution < -0.4 is 4.74 Å². The Bertz CT molecular complexity index is 1200. The highest BCUT2D eigenvalue weighted by Crippen LogP contribution is 2.33. The summed E-state index contributed by atoms with van der Waals surface area (Å²) in [6, 6.07) is 24.1. The van der Waals surface area contributed by atoms with Gasteiger partial charge in [0.1, 0.15) is 22.7 Å². The SMILES string of the molecule is N#Cc1cc(-c2cc(Cl)ccn2)c(Cl)nc1-c1ccc(Oc2ccccc2)cc1. The summed E-state index contributed by atoms with van der Waals surface area (Å²) in [7, 11) is 0. The number of nitriles is 1. The molecule has 4 rings (SSSR count). The molecule has 29 heavy (non-hydrogen) atoms. The Labute approximate surface area is 178 Å². The van der Waals surface area contributed by atoms with Crippen molar-refractivity contribution in [2.24, 2.45) is 0 Å². The van der Waals surface area contributed by atoms with E-state index in [1.165, 1.54) is 0 Å². The molecule has 4 nitrogen and oxygen atoms in total. The van der Waals surface area contributed by atoms with Gasteiger partial charge in [0, 0.05) is 22.3 Å². The van der Waals surface area contributed by atoms with Crippen molar-refractivity contribution in [3.05, 3.63) is 94.7 Å². The van der Waals surface area contributed by atoms with Crippen molar-refractivity contribution in [3.8, 4) is 40.1 Å². The third-order valence-corrected chi connectivity index (χ3v) is 4.72. The average Bonchev–Trinajstić information content (AvgIpc) is 2.75. The highest BCUT2D eigenvalue weighted by Gasteiger charge is 2.15.